The van der Waals surface area contributed by atoms with E-state index in [2.05, 4.69) is 78.2 Å². The van der Waals surface area contributed by atoms with E-state index in [0.29, 0.717) is 0 Å². The van der Waals surface area contributed by atoms with Crippen LogP contribution in [-0.2, 0) is 0 Å². The van der Waals surface area contributed by atoms with Crippen LogP contribution in [0.3, 0.4) is 0 Å². The largest absolute Gasteiger partial charge is 0.497 e. The Labute approximate surface area is 141 Å². The molecule has 0 atom stereocenters. The van der Waals surface area contributed by atoms with Crippen LogP contribution in [0.15, 0.2) is 78.9 Å². The van der Waals surface area contributed by atoms with Gasteiger partial charge in [-0.1, -0.05) is 48.5 Å². The van der Waals surface area contributed by atoms with Crippen LogP contribution in [0.1, 0.15) is 5.69 Å². The van der Waals surface area contributed by atoms with Crippen LogP contribution in [0, 0.1) is 6.92 Å². The Kier molecular flexibility index (Phi) is 3.58. The highest BCUT2D eigenvalue weighted by atomic mass is 16.5. The van der Waals surface area contributed by atoms with Gasteiger partial charge in [-0.05, 0) is 42.8 Å². The Morgan fingerprint density at radius 1 is 0.750 bits per heavy atom. The standard InChI is InChI=1S/C22H19NO/c1-16-22(17-8-4-3-5-9-17)20-10-6-7-11-21(20)23(16)18-12-14-19(24-2)15-13-18/h3-15H,1-2H3. The summed E-state index contributed by atoms with van der Waals surface area (Å²) in [6.45, 7) is 2.19. The van der Waals surface area contributed by atoms with Crippen molar-refractivity contribution in [1.82, 2.24) is 4.57 Å². The van der Waals surface area contributed by atoms with Crippen LogP contribution in [0.2, 0.25) is 0 Å². The molecule has 118 valence electrons. The lowest BCUT2D eigenvalue weighted by Crippen LogP contribution is -1.96. The van der Waals surface area contributed by atoms with Crippen LogP contribution in [0.5, 0.6) is 5.75 Å². The van der Waals surface area contributed by atoms with Gasteiger partial charge in [0.2, 0.25) is 0 Å². The fourth-order valence-corrected chi connectivity index (χ4v) is 3.40. The molecule has 0 radical (unpaired) electrons. The molecular weight excluding hydrogens is 294 g/mol. The normalized spacial score (nSPS) is 10.9. The molecule has 0 amide bonds. The smallest absolute Gasteiger partial charge is 0.119 e. The predicted molar refractivity (Wildman–Crippen MR) is 100 cm³/mol. The van der Waals surface area contributed by atoms with Gasteiger partial charge in [-0.2, -0.15) is 0 Å². The fraction of sp³-hybridized carbons (Fsp3) is 0.0909. The molecule has 0 bridgehead atoms. The Balaban J connectivity index is 2.01. The van der Waals surface area contributed by atoms with E-state index in [1.54, 1.807) is 7.11 Å². The third-order valence-corrected chi connectivity index (χ3v) is 4.50. The van der Waals surface area contributed by atoms with Crippen LogP contribution >= 0.6 is 0 Å². The van der Waals surface area contributed by atoms with Crippen LogP contribution in [0.4, 0.5) is 0 Å². The summed E-state index contributed by atoms with van der Waals surface area (Å²) < 4.78 is 7.60. The molecule has 0 fully saturated rings. The summed E-state index contributed by atoms with van der Waals surface area (Å²) in [6, 6.07) is 27.4. The maximum Gasteiger partial charge on any atom is 0.119 e. The van der Waals surface area contributed by atoms with Crippen molar-refractivity contribution >= 4 is 10.9 Å². The highest BCUT2D eigenvalue weighted by Gasteiger charge is 2.16. The molecular formula is C22H19NO. The molecule has 2 heteroatoms. The monoisotopic (exact) mass is 313 g/mol. The van der Waals surface area contributed by atoms with Gasteiger partial charge in [-0.25, -0.2) is 0 Å². The number of benzene rings is 3. The number of aromatic nitrogens is 1. The molecule has 4 aromatic rings. The number of para-hydroxylation sites is 1. The Hall–Kier alpha value is -3.00. The van der Waals surface area contributed by atoms with Crippen molar-refractivity contribution in [2.45, 2.75) is 6.92 Å². The van der Waals surface area contributed by atoms with Gasteiger partial charge in [0, 0.05) is 22.3 Å². The molecule has 24 heavy (non-hydrogen) atoms. The van der Waals surface area contributed by atoms with Gasteiger partial charge < -0.3 is 9.30 Å². The zero-order valence-corrected chi connectivity index (χ0v) is 13.9. The summed E-state index contributed by atoms with van der Waals surface area (Å²) in [7, 11) is 1.69. The van der Waals surface area contributed by atoms with Gasteiger partial charge in [-0.15, -0.1) is 0 Å². The summed E-state index contributed by atoms with van der Waals surface area (Å²) >= 11 is 0. The first-order valence-electron chi connectivity index (χ1n) is 8.09. The third kappa shape index (κ3) is 2.28. The molecule has 1 aromatic heterocycles. The Bertz CT molecular complexity index is 982. The number of hydrogen-bond acceptors (Lipinski definition) is 1. The lowest BCUT2D eigenvalue weighted by Gasteiger charge is -2.10. The van der Waals surface area contributed by atoms with Gasteiger partial charge >= 0.3 is 0 Å². The minimum Gasteiger partial charge on any atom is -0.497 e. The van der Waals surface area contributed by atoms with Crippen molar-refractivity contribution < 1.29 is 4.74 Å². The van der Waals surface area contributed by atoms with Crippen molar-refractivity contribution in [2.24, 2.45) is 0 Å². The summed E-state index contributed by atoms with van der Waals surface area (Å²) in [5, 5.41) is 1.28. The molecule has 4 rings (SSSR count). The van der Waals surface area contributed by atoms with Crippen LogP contribution in [0.25, 0.3) is 27.7 Å². The van der Waals surface area contributed by atoms with Crippen molar-refractivity contribution in [1.29, 1.82) is 0 Å². The summed E-state index contributed by atoms with van der Waals surface area (Å²) in [5.41, 5.74) is 6.15. The lowest BCUT2D eigenvalue weighted by atomic mass is 10.0. The molecule has 0 aliphatic rings. The molecule has 1 heterocycles. The van der Waals surface area contributed by atoms with Crippen molar-refractivity contribution in [3.05, 3.63) is 84.6 Å². The fourth-order valence-electron chi connectivity index (χ4n) is 3.40. The second kappa shape index (κ2) is 5.89. The molecule has 0 saturated carbocycles. The molecule has 0 unspecified atom stereocenters. The molecule has 0 spiro atoms. The minimum absolute atomic E-state index is 0.871. The summed E-state index contributed by atoms with van der Waals surface area (Å²) in [6.07, 6.45) is 0. The zero-order valence-electron chi connectivity index (χ0n) is 13.9. The first-order chi connectivity index (χ1) is 11.8. The predicted octanol–water partition coefficient (Wildman–Crippen LogP) is 5.61. The number of methoxy groups -OCH3 is 1. The molecule has 0 aliphatic carbocycles. The van der Waals surface area contributed by atoms with Gasteiger partial charge in [-0.3, -0.25) is 0 Å². The zero-order chi connectivity index (χ0) is 16.5. The quantitative estimate of drug-likeness (QED) is 0.479. The molecule has 3 aromatic carbocycles. The second-order valence-electron chi connectivity index (χ2n) is 5.88. The maximum atomic E-state index is 5.29. The van der Waals surface area contributed by atoms with E-state index < -0.39 is 0 Å². The van der Waals surface area contributed by atoms with E-state index in [1.807, 2.05) is 12.1 Å². The highest BCUT2D eigenvalue weighted by Crippen LogP contribution is 2.36. The average Bonchev–Trinajstić information content (AvgIpc) is 2.94. The Morgan fingerprint density at radius 3 is 2.12 bits per heavy atom. The van der Waals surface area contributed by atoms with Gasteiger partial charge in [0.25, 0.3) is 0 Å². The van der Waals surface area contributed by atoms with Crippen LogP contribution in [-0.4, -0.2) is 11.7 Å². The summed E-state index contributed by atoms with van der Waals surface area (Å²) in [5.74, 6) is 0.871. The van der Waals surface area contributed by atoms with Crippen LogP contribution < -0.4 is 4.74 Å². The van der Waals surface area contributed by atoms with E-state index in [0.717, 1.165) is 11.4 Å². The van der Waals surface area contributed by atoms with E-state index >= 15 is 0 Å². The van der Waals surface area contributed by atoms with Gasteiger partial charge in [0.1, 0.15) is 5.75 Å². The van der Waals surface area contributed by atoms with E-state index in [4.69, 9.17) is 4.74 Å². The molecule has 0 saturated heterocycles. The average molecular weight is 313 g/mol. The number of hydrogen-bond donors (Lipinski definition) is 0. The van der Waals surface area contributed by atoms with Crippen molar-refractivity contribution in [3.8, 4) is 22.6 Å². The summed E-state index contributed by atoms with van der Waals surface area (Å²) in [4.78, 5) is 0. The second-order valence-corrected chi connectivity index (χ2v) is 5.88. The SMILES string of the molecule is COc1ccc(-n2c(C)c(-c3ccccc3)c3ccccc32)cc1. The molecule has 0 N–H and O–H groups in total. The number of rotatable bonds is 3. The first-order valence-corrected chi connectivity index (χ1v) is 8.09. The minimum atomic E-state index is 0.871. The first kappa shape index (κ1) is 14.6. The maximum absolute atomic E-state index is 5.29. The molecule has 0 aliphatic heterocycles. The number of ether oxygens (including phenoxy) is 1. The van der Waals surface area contributed by atoms with Crippen molar-refractivity contribution in [3.63, 3.8) is 0 Å². The van der Waals surface area contributed by atoms with E-state index in [1.165, 1.54) is 27.7 Å². The van der Waals surface area contributed by atoms with Gasteiger partial charge in [0.05, 0.1) is 12.6 Å². The third-order valence-electron chi connectivity index (χ3n) is 4.50. The number of fused-ring (bicyclic) bond motifs is 1. The Morgan fingerprint density at radius 2 is 1.42 bits per heavy atom. The number of nitrogens with zero attached hydrogens (tertiary/aromatic N) is 1. The molecule has 2 nitrogen and oxygen atoms in total. The van der Waals surface area contributed by atoms with E-state index in [9.17, 15) is 0 Å². The highest BCUT2D eigenvalue weighted by molar-refractivity contribution is 5.99. The topological polar surface area (TPSA) is 14.2 Å². The van der Waals surface area contributed by atoms with Crippen molar-refractivity contribution in [2.75, 3.05) is 7.11 Å². The van der Waals surface area contributed by atoms with Gasteiger partial charge in [0.15, 0.2) is 0 Å². The van der Waals surface area contributed by atoms with E-state index in [-0.39, 0.29) is 0 Å². The lowest BCUT2D eigenvalue weighted by molar-refractivity contribution is 0.415.